The van der Waals surface area contributed by atoms with Crippen molar-refractivity contribution in [2.75, 3.05) is 140 Å². The molecule has 0 saturated heterocycles. The predicted octanol–water partition coefficient (Wildman–Crippen LogP) is 3.60. The van der Waals surface area contributed by atoms with Crippen LogP contribution in [0.5, 0.6) is 17.2 Å². The highest BCUT2D eigenvalue weighted by atomic mass is 16.6. The van der Waals surface area contributed by atoms with Gasteiger partial charge in [-0.05, 0) is 96.7 Å². The molecule has 0 aliphatic rings. The zero-order valence-electron chi connectivity index (χ0n) is 34.0. The SMILES string of the molecule is CC(=O)c1cc(C)c(C)c(C)c1.CNCCOCCOCCOc1cc(C(C)=O)cc(OCCOCCOCCNC)c1OCCOCCOCCNC. The number of aryl methyl sites for hydroxylation is 2. The van der Waals surface area contributed by atoms with Gasteiger partial charge in [-0.2, -0.15) is 0 Å². The van der Waals surface area contributed by atoms with Gasteiger partial charge in [-0.25, -0.2) is 0 Å². The molecule has 0 aromatic heterocycles. The van der Waals surface area contributed by atoms with Gasteiger partial charge < -0.3 is 58.6 Å². The van der Waals surface area contributed by atoms with Gasteiger partial charge in [0.25, 0.3) is 0 Å². The molecule has 54 heavy (non-hydrogen) atoms. The summed E-state index contributed by atoms with van der Waals surface area (Å²) in [6.45, 7) is 18.1. The molecular formula is C40H67N3O11. The Morgan fingerprint density at radius 2 is 0.741 bits per heavy atom. The van der Waals surface area contributed by atoms with E-state index >= 15 is 0 Å². The number of nitrogens with one attached hydrogen (secondary N) is 3. The number of hydrogen-bond donors (Lipinski definition) is 3. The zero-order valence-corrected chi connectivity index (χ0v) is 34.0. The number of carbonyl (C=O) groups excluding carboxylic acids is 2. The van der Waals surface area contributed by atoms with Crippen LogP contribution in [0.1, 0.15) is 51.3 Å². The van der Waals surface area contributed by atoms with Crippen LogP contribution in [-0.4, -0.2) is 151 Å². The molecule has 0 bridgehead atoms. The normalized spacial score (nSPS) is 10.9. The molecule has 2 aromatic carbocycles. The molecule has 2 rings (SSSR count). The summed E-state index contributed by atoms with van der Waals surface area (Å²) < 4.78 is 51.2. The van der Waals surface area contributed by atoms with Crippen molar-refractivity contribution in [1.29, 1.82) is 0 Å². The molecule has 0 radical (unpaired) electrons. The van der Waals surface area contributed by atoms with Gasteiger partial charge in [0.05, 0.1) is 79.3 Å². The van der Waals surface area contributed by atoms with E-state index < -0.39 is 0 Å². The minimum absolute atomic E-state index is 0.122. The first kappa shape index (κ1) is 48.8. The number of ether oxygens (including phenoxy) is 9. The third-order valence-corrected chi connectivity index (χ3v) is 7.81. The molecule has 0 amide bonds. The average Bonchev–Trinajstić information content (AvgIpc) is 3.15. The summed E-state index contributed by atoms with van der Waals surface area (Å²) in [5.74, 6) is 1.19. The van der Waals surface area contributed by atoms with Gasteiger partial charge in [0.15, 0.2) is 23.1 Å². The molecule has 0 spiro atoms. The Labute approximate surface area is 323 Å². The van der Waals surface area contributed by atoms with E-state index in [9.17, 15) is 9.59 Å². The Kier molecular flexibility index (Phi) is 29.0. The zero-order chi connectivity index (χ0) is 39.8. The Bertz CT molecular complexity index is 1230. The molecule has 0 saturated carbocycles. The fourth-order valence-electron chi connectivity index (χ4n) is 4.49. The van der Waals surface area contributed by atoms with E-state index in [1.54, 1.807) is 19.1 Å². The highest BCUT2D eigenvalue weighted by Gasteiger charge is 2.18. The van der Waals surface area contributed by atoms with E-state index in [2.05, 4.69) is 22.9 Å². The second-order valence-electron chi connectivity index (χ2n) is 12.2. The third-order valence-electron chi connectivity index (χ3n) is 7.81. The van der Waals surface area contributed by atoms with E-state index in [-0.39, 0.29) is 31.4 Å². The maximum Gasteiger partial charge on any atom is 0.203 e. The van der Waals surface area contributed by atoms with Crippen molar-refractivity contribution < 1.29 is 52.2 Å². The van der Waals surface area contributed by atoms with Crippen molar-refractivity contribution in [3.05, 3.63) is 52.1 Å². The molecule has 0 heterocycles. The number of rotatable bonds is 32. The molecule has 0 fully saturated rings. The topological polar surface area (TPSA) is 153 Å². The van der Waals surface area contributed by atoms with Crippen molar-refractivity contribution in [2.24, 2.45) is 0 Å². The summed E-state index contributed by atoms with van der Waals surface area (Å²) in [4.78, 5) is 23.3. The maximum atomic E-state index is 12.3. The lowest BCUT2D eigenvalue weighted by atomic mass is 9.99. The van der Waals surface area contributed by atoms with E-state index in [1.165, 1.54) is 23.6 Å². The van der Waals surface area contributed by atoms with Gasteiger partial charge in [0.1, 0.15) is 19.8 Å². The Balaban J connectivity index is 0.00000102. The lowest BCUT2D eigenvalue weighted by Crippen LogP contribution is -2.18. The van der Waals surface area contributed by atoms with Gasteiger partial charge in [-0.1, -0.05) is 0 Å². The monoisotopic (exact) mass is 765 g/mol. The van der Waals surface area contributed by atoms with Gasteiger partial charge >= 0.3 is 0 Å². The molecular weight excluding hydrogens is 698 g/mol. The van der Waals surface area contributed by atoms with Crippen LogP contribution in [0.25, 0.3) is 0 Å². The van der Waals surface area contributed by atoms with Gasteiger partial charge in [0, 0.05) is 30.8 Å². The first-order chi connectivity index (χ1) is 26.2. The standard InChI is InChI=1S/C29H53N3O10.C11H14O/c1-25(33)26-23-27(40-20-17-37-14-11-34-8-5-30-2)29(42-22-19-39-16-13-36-10-7-32-4)28(24-26)41-21-18-38-15-12-35-9-6-31-3;1-7-5-11(10(4)12)6-8(2)9(7)3/h23-24,30-32H,5-22H2,1-4H3;5-6H,1-4H3. The Hall–Kier alpha value is -3.18. The fourth-order valence-corrected chi connectivity index (χ4v) is 4.49. The molecule has 0 aliphatic carbocycles. The van der Waals surface area contributed by atoms with Crippen molar-refractivity contribution >= 4 is 11.6 Å². The average molecular weight is 766 g/mol. The lowest BCUT2D eigenvalue weighted by molar-refractivity contribution is 0.0321. The number of likely N-dealkylation sites (N-methyl/N-ethyl adjacent to an activating group) is 3. The lowest BCUT2D eigenvalue weighted by Gasteiger charge is -2.18. The predicted molar refractivity (Wildman–Crippen MR) is 210 cm³/mol. The number of hydrogen-bond acceptors (Lipinski definition) is 14. The van der Waals surface area contributed by atoms with E-state index in [1.807, 2.05) is 47.1 Å². The van der Waals surface area contributed by atoms with E-state index in [0.717, 1.165) is 25.2 Å². The van der Waals surface area contributed by atoms with E-state index in [4.69, 9.17) is 42.6 Å². The molecule has 2 aromatic rings. The van der Waals surface area contributed by atoms with Crippen LogP contribution < -0.4 is 30.2 Å². The summed E-state index contributed by atoms with van der Waals surface area (Å²) in [6.07, 6.45) is 0. The van der Waals surface area contributed by atoms with Crippen molar-refractivity contribution in [3.8, 4) is 17.2 Å². The molecule has 3 N–H and O–H groups in total. The third kappa shape index (κ3) is 22.9. The number of benzene rings is 2. The molecule has 0 unspecified atom stereocenters. The van der Waals surface area contributed by atoms with E-state index in [0.29, 0.717) is 102 Å². The maximum absolute atomic E-state index is 12.3. The van der Waals surface area contributed by atoms with Gasteiger partial charge in [-0.3, -0.25) is 9.59 Å². The van der Waals surface area contributed by atoms with Crippen molar-refractivity contribution in [3.63, 3.8) is 0 Å². The smallest absolute Gasteiger partial charge is 0.203 e. The Morgan fingerprint density at radius 1 is 0.444 bits per heavy atom. The second-order valence-corrected chi connectivity index (χ2v) is 12.2. The van der Waals surface area contributed by atoms with Gasteiger partial charge in [0.2, 0.25) is 5.75 Å². The number of carbonyl (C=O) groups is 2. The fraction of sp³-hybridized carbons (Fsp3) is 0.650. The van der Waals surface area contributed by atoms with Crippen molar-refractivity contribution in [2.45, 2.75) is 34.6 Å². The second kappa shape index (κ2) is 32.1. The highest BCUT2D eigenvalue weighted by molar-refractivity contribution is 5.95. The summed E-state index contributed by atoms with van der Waals surface area (Å²) in [7, 11) is 5.63. The van der Waals surface area contributed by atoms with Crippen LogP contribution >= 0.6 is 0 Å². The molecule has 308 valence electrons. The van der Waals surface area contributed by atoms with Crippen LogP contribution in [0.2, 0.25) is 0 Å². The first-order valence-corrected chi connectivity index (χ1v) is 18.7. The quantitative estimate of drug-likeness (QED) is 0.0735. The molecule has 14 heteroatoms. The first-order valence-electron chi connectivity index (χ1n) is 18.7. The number of ketones is 2. The van der Waals surface area contributed by atoms with Crippen LogP contribution in [0.4, 0.5) is 0 Å². The highest BCUT2D eigenvalue weighted by Crippen LogP contribution is 2.39. The minimum Gasteiger partial charge on any atom is -0.487 e. The summed E-state index contributed by atoms with van der Waals surface area (Å²) in [5.41, 5.74) is 4.93. The van der Waals surface area contributed by atoms with Crippen LogP contribution in [0.15, 0.2) is 24.3 Å². The molecule has 0 atom stereocenters. The molecule has 14 nitrogen and oxygen atoms in total. The van der Waals surface area contributed by atoms with Crippen LogP contribution in [0, 0.1) is 20.8 Å². The van der Waals surface area contributed by atoms with Crippen molar-refractivity contribution in [1.82, 2.24) is 16.0 Å². The van der Waals surface area contributed by atoms with Crippen LogP contribution in [0.3, 0.4) is 0 Å². The largest absolute Gasteiger partial charge is 0.487 e. The summed E-state index contributed by atoms with van der Waals surface area (Å²) in [5, 5.41) is 9.07. The van der Waals surface area contributed by atoms with Crippen LogP contribution in [-0.2, 0) is 28.4 Å². The number of Topliss-reactive ketones (excluding diaryl/α,β-unsaturated/α-hetero) is 2. The summed E-state index contributed by atoms with van der Waals surface area (Å²) in [6, 6.07) is 7.21. The summed E-state index contributed by atoms with van der Waals surface area (Å²) >= 11 is 0. The Morgan fingerprint density at radius 3 is 1.07 bits per heavy atom. The molecule has 0 aliphatic heterocycles. The van der Waals surface area contributed by atoms with Gasteiger partial charge in [-0.15, -0.1) is 0 Å². The minimum atomic E-state index is -0.122.